The first-order valence-electron chi connectivity index (χ1n) is 5.63. The first-order valence-corrected chi connectivity index (χ1v) is 8.00. The topological polar surface area (TPSA) is 72.2 Å². The van der Waals surface area contributed by atoms with Crippen LogP contribution in [0, 0.1) is 11.6 Å². The van der Waals surface area contributed by atoms with Crippen LogP contribution in [0.1, 0.15) is 10.4 Å². The van der Waals surface area contributed by atoms with E-state index in [1.54, 1.807) is 0 Å². The summed E-state index contributed by atoms with van der Waals surface area (Å²) < 4.78 is 52.5. The van der Waals surface area contributed by atoms with Crippen molar-refractivity contribution >= 4 is 21.4 Å². The first kappa shape index (κ1) is 15.0. The van der Waals surface area contributed by atoms with Crippen molar-refractivity contribution in [2.24, 2.45) is 5.73 Å². The molecule has 0 saturated heterocycles. The number of nitrogens with one attached hydrogen (secondary N) is 1. The van der Waals surface area contributed by atoms with Gasteiger partial charge in [-0.1, -0.05) is 0 Å². The van der Waals surface area contributed by atoms with Gasteiger partial charge in [0.25, 0.3) is 0 Å². The van der Waals surface area contributed by atoms with Gasteiger partial charge in [-0.15, -0.1) is 11.3 Å². The minimum Gasteiger partial charge on any atom is -0.326 e. The summed E-state index contributed by atoms with van der Waals surface area (Å²) in [6.45, 7) is -0.0710. The Labute approximate surface area is 119 Å². The highest BCUT2D eigenvalue weighted by molar-refractivity contribution is 7.89. The van der Waals surface area contributed by atoms with Crippen molar-refractivity contribution in [2.75, 3.05) is 0 Å². The predicted octanol–water partition coefficient (Wildman–Crippen LogP) is 1.96. The summed E-state index contributed by atoms with van der Waals surface area (Å²) in [5.41, 5.74) is 5.36. The summed E-state index contributed by atoms with van der Waals surface area (Å²) in [5.74, 6) is -1.29. The SMILES string of the molecule is NCc1cc(S(=O)(=O)NCc2cc(F)ccc2F)cs1. The van der Waals surface area contributed by atoms with Crippen LogP contribution in [0.25, 0.3) is 0 Å². The van der Waals surface area contributed by atoms with Gasteiger partial charge in [-0.2, -0.15) is 0 Å². The number of hydrogen-bond donors (Lipinski definition) is 2. The molecular formula is C12H12F2N2O2S2. The zero-order valence-electron chi connectivity index (χ0n) is 10.3. The maximum atomic E-state index is 13.4. The monoisotopic (exact) mass is 318 g/mol. The molecule has 0 unspecified atom stereocenters. The maximum Gasteiger partial charge on any atom is 0.241 e. The Morgan fingerprint density at radius 3 is 2.65 bits per heavy atom. The van der Waals surface area contributed by atoms with Crippen LogP contribution in [0.5, 0.6) is 0 Å². The van der Waals surface area contributed by atoms with Gasteiger partial charge in [-0.05, 0) is 24.3 Å². The van der Waals surface area contributed by atoms with Gasteiger partial charge < -0.3 is 5.73 Å². The third-order valence-electron chi connectivity index (χ3n) is 2.60. The molecule has 0 bridgehead atoms. The summed E-state index contributed by atoms with van der Waals surface area (Å²) in [7, 11) is -3.76. The van der Waals surface area contributed by atoms with Crippen molar-refractivity contribution < 1.29 is 17.2 Å². The van der Waals surface area contributed by atoms with Crippen LogP contribution in [0.15, 0.2) is 34.5 Å². The highest BCUT2D eigenvalue weighted by Crippen LogP contribution is 2.19. The molecule has 0 fully saturated rings. The van der Waals surface area contributed by atoms with Gasteiger partial charge in [0.05, 0.1) is 4.90 Å². The quantitative estimate of drug-likeness (QED) is 0.885. The molecule has 3 N–H and O–H groups in total. The van der Waals surface area contributed by atoms with E-state index in [4.69, 9.17) is 5.73 Å². The average molecular weight is 318 g/mol. The number of halogens is 2. The smallest absolute Gasteiger partial charge is 0.241 e. The molecule has 0 atom stereocenters. The van der Waals surface area contributed by atoms with Crippen LogP contribution in [0.2, 0.25) is 0 Å². The van der Waals surface area contributed by atoms with E-state index >= 15 is 0 Å². The second-order valence-electron chi connectivity index (χ2n) is 4.01. The van der Waals surface area contributed by atoms with E-state index in [1.807, 2.05) is 0 Å². The number of benzene rings is 1. The lowest BCUT2D eigenvalue weighted by Crippen LogP contribution is -2.23. The van der Waals surface area contributed by atoms with Crippen molar-refractivity contribution in [1.82, 2.24) is 4.72 Å². The van der Waals surface area contributed by atoms with Gasteiger partial charge in [-0.25, -0.2) is 21.9 Å². The molecule has 0 amide bonds. The third kappa shape index (κ3) is 3.40. The van der Waals surface area contributed by atoms with Crippen molar-refractivity contribution in [2.45, 2.75) is 18.0 Å². The van der Waals surface area contributed by atoms with Crippen LogP contribution >= 0.6 is 11.3 Å². The van der Waals surface area contributed by atoms with E-state index in [0.29, 0.717) is 0 Å². The molecule has 1 aromatic heterocycles. The molecule has 0 aliphatic heterocycles. The molecule has 4 nitrogen and oxygen atoms in total. The van der Waals surface area contributed by atoms with Gasteiger partial charge in [-0.3, -0.25) is 0 Å². The number of nitrogens with two attached hydrogens (primary N) is 1. The Hall–Kier alpha value is -1.35. The highest BCUT2D eigenvalue weighted by Gasteiger charge is 2.16. The molecule has 1 aromatic carbocycles. The van der Waals surface area contributed by atoms with E-state index in [-0.39, 0.29) is 23.5 Å². The second kappa shape index (κ2) is 5.96. The summed E-state index contributed by atoms with van der Waals surface area (Å²) in [4.78, 5) is 0.794. The number of thiophene rings is 1. The minimum atomic E-state index is -3.76. The first-order chi connectivity index (χ1) is 9.42. The van der Waals surface area contributed by atoms with Crippen molar-refractivity contribution in [1.29, 1.82) is 0 Å². The molecule has 0 aliphatic carbocycles. The van der Waals surface area contributed by atoms with Gasteiger partial charge in [0.1, 0.15) is 11.6 Å². The molecule has 0 radical (unpaired) electrons. The predicted molar refractivity (Wildman–Crippen MR) is 72.6 cm³/mol. The summed E-state index contributed by atoms with van der Waals surface area (Å²) >= 11 is 1.23. The van der Waals surface area contributed by atoms with Crippen LogP contribution in [-0.2, 0) is 23.1 Å². The summed E-state index contributed by atoms with van der Waals surface area (Å²) in [6, 6.07) is 4.33. The van der Waals surface area contributed by atoms with Gasteiger partial charge in [0, 0.05) is 28.9 Å². The van der Waals surface area contributed by atoms with Gasteiger partial charge in [0.2, 0.25) is 10.0 Å². The highest BCUT2D eigenvalue weighted by atomic mass is 32.2. The largest absolute Gasteiger partial charge is 0.326 e. The van der Waals surface area contributed by atoms with Crippen LogP contribution in [0.4, 0.5) is 8.78 Å². The lowest BCUT2D eigenvalue weighted by molar-refractivity contribution is 0.567. The normalized spacial score (nSPS) is 11.8. The average Bonchev–Trinajstić information content (AvgIpc) is 2.89. The second-order valence-corrected chi connectivity index (χ2v) is 6.78. The van der Waals surface area contributed by atoms with E-state index in [2.05, 4.69) is 4.72 Å². The molecule has 0 spiro atoms. The molecule has 8 heteroatoms. The Morgan fingerprint density at radius 2 is 2.00 bits per heavy atom. The van der Waals surface area contributed by atoms with E-state index in [0.717, 1.165) is 23.1 Å². The fourth-order valence-corrected chi connectivity index (χ4v) is 3.71. The molecule has 0 aliphatic rings. The lowest BCUT2D eigenvalue weighted by atomic mass is 10.2. The van der Waals surface area contributed by atoms with Gasteiger partial charge >= 0.3 is 0 Å². The molecule has 0 saturated carbocycles. The molecule has 2 rings (SSSR count). The lowest BCUT2D eigenvalue weighted by Gasteiger charge is -2.06. The van der Waals surface area contributed by atoms with E-state index < -0.39 is 21.7 Å². The fraction of sp³-hybridized carbons (Fsp3) is 0.167. The third-order valence-corrected chi connectivity index (χ3v) is 5.09. The Kier molecular flexibility index (Phi) is 4.48. The zero-order valence-corrected chi connectivity index (χ0v) is 11.9. The number of sulfonamides is 1. The molecule has 2 aromatic rings. The molecular weight excluding hydrogens is 306 g/mol. The Bertz CT molecular complexity index is 714. The Morgan fingerprint density at radius 1 is 1.25 bits per heavy atom. The van der Waals surface area contributed by atoms with Crippen LogP contribution in [0.3, 0.4) is 0 Å². The minimum absolute atomic E-state index is 0.0529. The zero-order chi connectivity index (χ0) is 14.8. The number of rotatable bonds is 5. The molecule has 20 heavy (non-hydrogen) atoms. The summed E-state index contributed by atoms with van der Waals surface area (Å²) in [5, 5.41) is 1.45. The van der Waals surface area contributed by atoms with E-state index in [1.165, 1.54) is 22.8 Å². The standard InChI is InChI=1S/C12H12F2N2O2S2/c13-9-1-2-12(14)8(3-9)6-16-20(17,18)11-4-10(5-15)19-7-11/h1-4,7,16H,5-6,15H2. The Balaban J connectivity index is 2.15. The van der Waals surface area contributed by atoms with Crippen molar-refractivity contribution in [3.05, 3.63) is 51.7 Å². The molecule has 108 valence electrons. The summed E-state index contributed by atoms with van der Waals surface area (Å²) in [6.07, 6.45) is 0. The van der Waals surface area contributed by atoms with Crippen LogP contribution in [-0.4, -0.2) is 8.42 Å². The fourth-order valence-electron chi connectivity index (χ4n) is 1.54. The van der Waals surface area contributed by atoms with Crippen LogP contribution < -0.4 is 10.5 Å². The van der Waals surface area contributed by atoms with Crippen molar-refractivity contribution in [3.8, 4) is 0 Å². The van der Waals surface area contributed by atoms with Gasteiger partial charge in [0.15, 0.2) is 0 Å². The van der Waals surface area contributed by atoms with E-state index in [9.17, 15) is 17.2 Å². The molecule has 1 heterocycles. The number of hydrogen-bond acceptors (Lipinski definition) is 4. The van der Waals surface area contributed by atoms with Crippen molar-refractivity contribution in [3.63, 3.8) is 0 Å². The maximum absolute atomic E-state index is 13.4.